The summed E-state index contributed by atoms with van der Waals surface area (Å²) >= 11 is 7.73. The quantitative estimate of drug-likeness (QED) is 0.329. The Labute approximate surface area is 226 Å². The normalized spacial score (nSPS) is 18.7. The van der Waals surface area contributed by atoms with E-state index in [1.807, 2.05) is 38.1 Å². The molecule has 0 atom stereocenters. The van der Waals surface area contributed by atoms with Crippen LogP contribution in [-0.4, -0.2) is 59.3 Å². The van der Waals surface area contributed by atoms with Crippen molar-refractivity contribution < 1.29 is 13.2 Å². The van der Waals surface area contributed by atoms with Gasteiger partial charge in [-0.3, -0.25) is 9.21 Å². The molecule has 5 rings (SSSR count). The fraction of sp³-hybridized carbons (Fsp3) is 0.481. The fourth-order valence-electron chi connectivity index (χ4n) is 4.46. The van der Waals surface area contributed by atoms with E-state index < -0.39 is 12.2 Å². The summed E-state index contributed by atoms with van der Waals surface area (Å²) in [5.41, 5.74) is 2.99. The van der Waals surface area contributed by atoms with Crippen molar-refractivity contribution in [3.63, 3.8) is 0 Å². The molecule has 0 N–H and O–H groups in total. The van der Waals surface area contributed by atoms with E-state index in [1.54, 1.807) is 24.3 Å². The van der Waals surface area contributed by atoms with Gasteiger partial charge in [0.15, 0.2) is 0 Å². The average molecular weight is 552 g/mol. The smallest absolute Gasteiger partial charge is 0.278 e. The predicted octanol–water partition coefficient (Wildman–Crippen LogP) is 7.06. The summed E-state index contributed by atoms with van der Waals surface area (Å²) in [6.45, 7) is 8.58. The molecule has 0 bridgehead atoms. The number of hydrogen-bond donors (Lipinski definition) is 0. The second-order valence-corrected chi connectivity index (χ2v) is 10.6. The lowest BCUT2D eigenvalue weighted by atomic mass is 9.91. The van der Waals surface area contributed by atoms with Gasteiger partial charge in [-0.05, 0) is 42.2 Å². The highest BCUT2D eigenvalue weighted by Gasteiger charge is 2.29. The maximum Gasteiger partial charge on any atom is 0.278 e. The Balaban J connectivity index is 0.00000156. The summed E-state index contributed by atoms with van der Waals surface area (Å²) in [5, 5.41) is 7.61. The van der Waals surface area contributed by atoms with Crippen molar-refractivity contribution in [3.8, 4) is 0 Å². The van der Waals surface area contributed by atoms with E-state index in [4.69, 9.17) is 11.6 Å². The van der Waals surface area contributed by atoms with Crippen molar-refractivity contribution in [3.05, 3.63) is 64.4 Å². The average Bonchev–Trinajstić information content (AvgIpc) is 3.38. The molecule has 0 spiro atoms. The van der Waals surface area contributed by atoms with Crippen LogP contribution < -0.4 is 4.31 Å². The first-order chi connectivity index (χ1) is 18.0. The topological polar surface area (TPSA) is 34.4 Å². The fourth-order valence-corrected chi connectivity index (χ4v) is 5.66. The number of alkyl halides is 2. The van der Waals surface area contributed by atoms with Crippen molar-refractivity contribution in [1.82, 2.24) is 9.21 Å². The third-order valence-electron chi connectivity index (χ3n) is 6.78. The lowest BCUT2D eigenvalue weighted by Crippen LogP contribution is -2.51. The summed E-state index contributed by atoms with van der Waals surface area (Å²) < 4.78 is 44.0. The van der Waals surface area contributed by atoms with E-state index in [2.05, 4.69) is 23.7 Å². The second kappa shape index (κ2) is 13.1. The SMILES string of the molecule is CC.Fc1ccc(N(Cc2ccc(C3=NN=C(C(F)F)C3)cc2)SN2CCN(C3CCC3)CC2)cc1Cl. The number of rotatable bonds is 8. The van der Waals surface area contributed by atoms with Gasteiger partial charge in [0.1, 0.15) is 11.5 Å². The Morgan fingerprint density at radius 3 is 2.30 bits per heavy atom. The van der Waals surface area contributed by atoms with Crippen molar-refractivity contribution in [1.29, 1.82) is 0 Å². The van der Waals surface area contributed by atoms with Gasteiger partial charge in [-0.15, -0.1) is 0 Å². The maximum atomic E-state index is 13.8. The molecule has 1 saturated carbocycles. The van der Waals surface area contributed by atoms with Gasteiger partial charge in [-0.25, -0.2) is 17.5 Å². The van der Waals surface area contributed by atoms with E-state index >= 15 is 0 Å². The van der Waals surface area contributed by atoms with Crippen LogP contribution in [0, 0.1) is 5.82 Å². The van der Waals surface area contributed by atoms with Crippen LogP contribution in [0.4, 0.5) is 18.9 Å². The van der Waals surface area contributed by atoms with Crippen LogP contribution in [0.5, 0.6) is 0 Å². The molecule has 0 amide bonds. The number of anilines is 1. The van der Waals surface area contributed by atoms with Gasteiger partial charge in [-0.2, -0.15) is 10.2 Å². The molecule has 2 aromatic rings. The third-order valence-corrected chi connectivity index (χ3v) is 8.21. The van der Waals surface area contributed by atoms with E-state index in [9.17, 15) is 13.2 Å². The molecule has 1 aliphatic carbocycles. The molecule has 2 fully saturated rings. The van der Waals surface area contributed by atoms with Gasteiger partial charge in [0.05, 0.1) is 23.0 Å². The number of halogens is 4. The molecule has 200 valence electrons. The zero-order valence-electron chi connectivity index (χ0n) is 21.2. The molecule has 5 nitrogen and oxygen atoms in total. The monoisotopic (exact) mass is 551 g/mol. The summed E-state index contributed by atoms with van der Waals surface area (Å²) in [6, 6.07) is 13.2. The first-order valence-electron chi connectivity index (χ1n) is 12.9. The minimum atomic E-state index is -2.58. The van der Waals surface area contributed by atoms with Gasteiger partial charge in [0, 0.05) is 50.8 Å². The largest absolute Gasteiger partial charge is 0.299 e. The minimum absolute atomic E-state index is 0.0693. The molecule has 2 aromatic carbocycles. The Bertz CT molecular complexity index is 1100. The van der Waals surface area contributed by atoms with Crippen molar-refractivity contribution in [2.24, 2.45) is 10.2 Å². The summed E-state index contributed by atoms with van der Waals surface area (Å²) in [7, 11) is 0. The zero-order chi connectivity index (χ0) is 26.4. The Kier molecular flexibility index (Phi) is 9.92. The predicted molar refractivity (Wildman–Crippen MR) is 148 cm³/mol. The molecular weight excluding hydrogens is 519 g/mol. The molecule has 0 aromatic heterocycles. The molecule has 3 aliphatic rings. The Morgan fingerprint density at radius 2 is 1.73 bits per heavy atom. The van der Waals surface area contributed by atoms with Crippen LogP contribution in [0.2, 0.25) is 5.02 Å². The zero-order valence-corrected chi connectivity index (χ0v) is 22.8. The highest BCUT2D eigenvalue weighted by atomic mass is 35.5. The van der Waals surface area contributed by atoms with Gasteiger partial charge >= 0.3 is 0 Å². The van der Waals surface area contributed by atoms with Crippen LogP contribution in [0.15, 0.2) is 52.7 Å². The van der Waals surface area contributed by atoms with E-state index in [1.165, 1.54) is 25.3 Å². The van der Waals surface area contributed by atoms with Gasteiger partial charge in [0.2, 0.25) is 0 Å². The van der Waals surface area contributed by atoms with E-state index in [0.29, 0.717) is 12.3 Å². The number of benzene rings is 2. The van der Waals surface area contributed by atoms with E-state index in [0.717, 1.165) is 49.0 Å². The summed E-state index contributed by atoms with van der Waals surface area (Å²) in [4.78, 5) is 2.59. The number of nitrogens with zero attached hydrogens (tertiary/aromatic N) is 5. The molecule has 0 unspecified atom stereocenters. The molecule has 1 saturated heterocycles. The third kappa shape index (κ3) is 7.07. The molecule has 0 radical (unpaired) electrons. The molecule has 2 heterocycles. The van der Waals surface area contributed by atoms with Gasteiger partial charge < -0.3 is 0 Å². The van der Waals surface area contributed by atoms with Gasteiger partial charge in [-0.1, -0.05) is 56.1 Å². The number of piperazine rings is 1. The van der Waals surface area contributed by atoms with Crippen LogP contribution in [-0.2, 0) is 6.54 Å². The first-order valence-corrected chi connectivity index (χ1v) is 14.0. The lowest BCUT2D eigenvalue weighted by Gasteiger charge is -2.43. The molecule has 10 heteroatoms. The minimum Gasteiger partial charge on any atom is -0.299 e. The van der Waals surface area contributed by atoms with Crippen LogP contribution in [0.3, 0.4) is 0 Å². The highest BCUT2D eigenvalue weighted by molar-refractivity contribution is 7.98. The number of hydrogen-bond acceptors (Lipinski definition) is 6. The molecular formula is C27H33ClF3N5S. The first kappa shape index (κ1) is 28.0. The standard InChI is InChI=1S/C25H27ClF3N5S.C2H6/c26-21-14-20(8-9-22(21)27)34(35-33-12-10-32(11-13-33)19-2-1-3-19)16-17-4-6-18(7-5-17)23-15-24(25(28)29)31-30-23;1-2/h4-9,14,19,25H,1-3,10-13,15-16H2;1-2H3. The van der Waals surface area contributed by atoms with Crippen LogP contribution in [0.25, 0.3) is 0 Å². The van der Waals surface area contributed by atoms with Crippen LogP contribution >= 0.6 is 23.7 Å². The van der Waals surface area contributed by atoms with Gasteiger partial charge in [0.25, 0.3) is 6.43 Å². The molecule has 2 aliphatic heterocycles. The second-order valence-electron chi connectivity index (χ2n) is 9.08. The summed E-state index contributed by atoms with van der Waals surface area (Å²) in [6.07, 6.45) is 1.45. The maximum absolute atomic E-state index is 13.8. The lowest BCUT2D eigenvalue weighted by molar-refractivity contribution is 0.0919. The molecule has 37 heavy (non-hydrogen) atoms. The van der Waals surface area contributed by atoms with Crippen LogP contribution in [0.1, 0.15) is 50.7 Å². The Hall–Kier alpha value is -2.07. The van der Waals surface area contributed by atoms with Crippen molar-refractivity contribution in [2.45, 2.75) is 58.5 Å². The highest BCUT2D eigenvalue weighted by Crippen LogP contribution is 2.33. The summed E-state index contributed by atoms with van der Waals surface area (Å²) in [5.74, 6) is -0.443. The van der Waals surface area contributed by atoms with E-state index in [-0.39, 0.29) is 17.2 Å². The van der Waals surface area contributed by atoms with Crippen molar-refractivity contribution >= 4 is 40.8 Å². The van der Waals surface area contributed by atoms with Crippen molar-refractivity contribution in [2.75, 3.05) is 30.5 Å². The Morgan fingerprint density at radius 1 is 1.03 bits per heavy atom.